The van der Waals surface area contributed by atoms with Crippen LogP contribution < -0.4 is 15.0 Å². The first-order valence-electron chi connectivity index (χ1n) is 8.32. The molecule has 2 aromatic rings. The second kappa shape index (κ2) is 7.98. The highest BCUT2D eigenvalue weighted by molar-refractivity contribution is 5.92. The number of methoxy groups -OCH3 is 1. The number of hydrogen-bond donors (Lipinski definition) is 1. The number of halogens is 1. The minimum Gasteiger partial charge on any atom is -0.495 e. The molecule has 0 radical (unpaired) electrons. The Hall–Kier alpha value is -2.60. The maximum absolute atomic E-state index is 13.6. The molecule has 6 heteroatoms. The van der Waals surface area contributed by atoms with Gasteiger partial charge in [-0.15, -0.1) is 0 Å². The summed E-state index contributed by atoms with van der Waals surface area (Å²) < 4.78 is 19.0. The number of nitrogens with zero attached hydrogens (tertiary/aromatic N) is 2. The molecular weight excluding hydrogens is 321 g/mol. The molecule has 1 heterocycles. The van der Waals surface area contributed by atoms with Crippen molar-refractivity contribution in [2.75, 3.05) is 50.1 Å². The van der Waals surface area contributed by atoms with Crippen LogP contribution in [0.2, 0.25) is 0 Å². The molecule has 1 aliphatic rings. The molecular formula is C19H22FN3O2. The second-order valence-electron chi connectivity index (χ2n) is 5.96. The average molecular weight is 343 g/mol. The Bertz CT molecular complexity index is 730. The number of nitrogens with one attached hydrogen (secondary N) is 1. The zero-order chi connectivity index (χ0) is 17.6. The maximum Gasteiger partial charge on any atom is 0.238 e. The van der Waals surface area contributed by atoms with E-state index in [1.54, 1.807) is 25.3 Å². The maximum atomic E-state index is 13.6. The van der Waals surface area contributed by atoms with E-state index in [2.05, 4.69) is 15.1 Å². The third kappa shape index (κ3) is 4.28. The standard InChI is InChI=1S/C19H22FN3O2/c1-25-18-9-5-4-8-17(18)23-12-10-22(11-13-23)14-19(24)21-16-7-3-2-6-15(16)20/h2-9H,10-14H2,1H3,(H,21,24). The lowest BCUT2D eigenvalue weighted by atomic mass is 10.2. The van der Waals surface area contributed by atoms with Crippen molar-refractivity contribution in [1.29, 1.82) is 0 Å². The summed E-state index contributed by atoms with van der Waals surface area (Å²) >= 11 is 0. The molecule has 2 aromatic carbocycles. The highest BCUT2D eigenvalue weighted by Gasteiger charge is 2.21. The summed E-state index contributed by atoms with van der Waals surface area (Å²) in [5.74, 6) is 0.237. The van der Waals surface area contributed by atoms with Gasteiger partial charge in [0.1, 0.15) is 11.6 Å². The molecule has 132 valence electrons. The number of ether oxygens (including phenoxy) is 1. The summed E-state index contributed by atoms with van der Waals surface area (Å²) in [5.41, 5.74) is 1.29. The molecule has 5 nitrogen and oxygen atoms in total. The van der Waals surface area contributed by atoms with Gasteiger partial charge in [0.25, 0.3) is 0 Å². The summed E-state index contributed by atoms with van der Waals surface area (Å²) in [7, 11) is 1.67. The van der Waals surface area contributed by atoms with Crippen LogP contribution in [0, 0.1) is 5.82 Å². The van der Waals surface area contributed by atoms with Gasteiger partial charge in [-0.25, -0.2) is 4.39 Å². The lowest BCUT2D eigenvalue weighted by Crippen LogP contribution is -2.48. The Labute approximate surface area is 147 Å². The van der Waals surface area contributed by atoms with Crippen molar-refractivity contribution in [2.45, 2.75) is 0 Å². The molecule has 0 aromatic heterocycles. The number of amides is 1. The lowest BCUT2D eigenvalue weighted by molar-refractivity contribution is -0.117. The monoisotopic (exact) mass is 343 g/mol. The largest absolute Gasteiger partial charge is 0.495 e. The van der Waals surface area contributed by atoms with Crippen molar-refractivity contribution < 1.29 is 13.9 Å². The van der Waals surface area contributed by atoms with Gasteiger partial charge >= 0.3 is 0 Å². The van der Waals surface area contributed by atoms with E-state index in [4.69, 9.17) is 4.74 Å². The normalized spacial score (nSPS) is 15.0. The number of carbonyl (C=O) groups is 1. The topological polar surface area (TPSA) is 44.8 Å². The molecule has 0 saturated carbocycles. The molecule has 0 atom stereocenters. The molecule has 0 spiro atoms. The molecule has 3 rings (SSSR count). The molecule has 1 fully saturated rings. The van der Waals surface area contributed by atoms with Gasteiger partial charge in [-0.3, -0.25) is 9.69 Å². The van der Waals surface area contributed by atoms with Gasteiger partial charge in [0.2, 0.25) is 5.91 Å². The predicted molar refractivity (Wildman–Crippen MR) is 96.7 cm³/mol. The summed E-state index contributed by atoms with van der Waals surface area (Å²) in [5, 5.41) is 2.63. The van der Waals surface area contributed by atoms with E-state index < -0.39 is 5.82 Å². The highest BCUT2D eigenvalue weighted by Crippen LogP contribution is 2.28. The van der Waals surface area contributed by atoms with Crippen LogP contribution in [0.1, 0.15) is 0 Å². The smallest absolute Gasteiger partial charge is 0.238 e. The Kier molecular flexibility index (Phi) is 5.50. The SMILES string of the molecule is COc1ccccc1N1CCN(CC(=O)Nc2ccccc2F)CC1. The summed E-state index contributed by atoms with van der Waals surface area (Å²) in [6.07, 6.45) is 0. The van der Waals surface area contributed by atoms with Crippen molar-refractivity contribution in [1.82, 2.24) is 4.90 Å². The Morgan fingerprint density at radius 1 is 1.08 bits per heavy atom. The summed E-state index contributed by atoms with van der Waals surface area (Å²) in [6.45, 7) is 3.42. The molecule has 0 aliphatic carbocycles. The van der Waals surface area contributed by atoms with E-state index >= 15 is 0 Å². The molecule has 0 unspecified atom stereocenters. The average Bonchev–Trinajstić information content (AvgIpc) is 2.64. The van der Waals surface area contributed by atoms with Crippen molar-refractivity contribution >= 4 is 17.3 Å². The first kappa shape index (κ1) is 17.2. The third-order valence-corrected chi connectivity index (χ3v) is 4.31. The fraction of sp³-hybridized carbons (Fsp3) is 0.316. The van der Waals surface area contributed by atoms with Crippen LogP contribution in [0.4, 0.5) is 15.8 Å². The van der Waals surface area contributed by atoms with E-state index in [1.807, 2.05) is 24.3 Å². The van der Waals surface area contributed by atoms with Crippen LogP contribution in [-0.2, 0) is 4.79 Å². The fourth-order valence-electron chi connectivity index (χ4n) is 2.99. The van der Waals surface area contributed by atoms with E-state index in [0.29, 0.717) is 0 Å². The van der Waals surface area contributed by atoms with Crippen LogP contribution in [0.25, 0.3) is 0 Å². The quantitative estimate of drug-likeness (QED) is 0.906. The third-order valence-electron chi connectivity index (χ3n) is 4.31. The van der Waals surface area contributed by atoms with Gasteiger partial charge in [-0.1, -0.05) is 24.3 Å². The summed E-state index contributed by atoms with van der Waals surface area (Å²) in [6, 6.07) is 14.1. The number of benzene rings is 2. The molecule has 1 amide bonds. The second-order valence-corrected chi connectivity index (χ2v) is 5.96. The Morgan fingerprint density at radius 2 is 1.76 bits per heavy atom. The van der Waals surface area contributed by atoms with Gasteiger partial charge in [0.15, 0.2) is 0 Å². The molecule has 1 saturated heterocycles. The van der Waals surface area contributed by atoms with E-state index in [0.717, 1.165) is 37.6 Å². The first-order chi connectivity index (χ1) is 12.2. The van der Waals surface area contributed by atoms with E-state index in [1.165, 1.54) is 6.07 Å². The molecule has 1 aliphatic heterocycles. The lowest BCUT2D eigenvalue weighted by Gasteiger charge is -2.36. The van der Waals surface area contributed by atoms with Gasteiger partial charge in [0, 0.05) is 26.2 Å². The van der Waals surface area contributed by atoms with Crippen LogP contribution in [-0.4, -0.2) is 50.6 Å². The molecule has 1 N–H and O–H groups in total. The molecule has 25 heavy (non-hydrogen) atoms. The number of anilines is 2. The van der Waals surface area contributed by atoms with Crippen molar-refractivity contribution in [3.05, 3.63) is 54.3 Å². The van der Waals surface area contributed by atoms with Gasteiger partial charge < -0.3 is 15.0 Å². The van der Waals surface area contributed by atoms with Crippen LogP contribution in [0.5, 0.6) is 5.75 Å². The van der Waals surface area contributed by atoms with Crippen LogP contribution >= 0.6 is 0 Å². The van der Waals surface area contributed by atoms with Crippen molar-refractivity contribution in [3.8, 4) is 5.75 Å². The van der Waals surface area contributed by atoms with Gasteiger partial charge in [0.05, 0.1) is 25.0 Å². The van der Waals surface area contributed by atoms with E-state index in [-0.39, 0.29) is 18.1 Å². The highest BCUT2D eigenvalue weighted by atomic mass is 19.1. The van der Waals surface area contributed by atoms with Crippen LogP contribution in [0.15, 0.2) is 48.5 Å². The van der Waals surface area contributed by atoms with Crippen molar-refractivity contribution in [3.63, 3.8) is 0 Å². The number of rotatable bonds is 5. The summed E-state index contributed by atoms with van der Waals surface area (Å²) in [4.78, 5) is 16.5. The minimum atomic E-state index is -0.420. The molecule has 0 bridgehead atoms. The zero-order valence-electron chi connectivity index (χ0n) is 14.2. The fourth-order valence-corrected chi connectivity index (χ4v) is 2.99. The number of piperazine rings is 1. The van der Waals surface area contributed by atoms with E-state index in [9.17, 15) is 9.18 Å². The number of para-hydroxylation sites is 3. The first-order valence-corrected chi connectivity index (χ1v) is 8.32. The predicted octanol–water partition coefficient (Wildman–Crippen LogP) is 2.60. The zero-order valence-corrected chi connectivity index (χ0v) is 14.2. The van der Waals surface area contributed by atoms with Gasteiger partial charge in [-0.05, 0) is 24.3 Å². The van der Waals surface area contributed by atoms with Crippen molar-refractivity contribution in [2.24, 2.45) is 0 Å². The van der Waals surface area contributed by atoms with Gasteiger partial charge in [-0.2, -0.15) is 0 Å². The minimum absolute atomic E-state index is 0.198. The Morgan fingerprint density at radius 3 is 2.48 bits per heavy atom. The number of carbonyl (C=O) groups excluding carboxylic acids is 1. The van der Waals surface area contributed by atoms with Crippen LogP contribution in [0.3, 0.4) is 0 Å². The number of hydrogen-bond acceptors (Lipinski definition) is 4. The Balaban J connectivity index is 1.52.